The lowest BCUT2D eigenvalue weighted by molar-refractivity contribution is -0.158. The molecule has 4 atom stereocenters. The zero-order valence-electron chi connectivity index (χ0n) is 11.2. The predicted octanol–water partition coefficient (Wildman–Crippen LogP) is 3.62. The smallest absolute Gasteiger partial charge is 0.373 e. The second-order valence-electron chi connectivity index (χ2n) is 5.94. The van der Waals surface area contributed by atoms with Crippen molar-refractivity contribution >= 4 is 5.97 Å². The Morgan fingerprint density at radius 3 is 2.60 bits per heavy atom. The van der Waals surface area contributed by atoms with Crippen molar-refractivity contribution in [3.05, 3.63) is 35.9 Å². The van der Waals surface area contributed by atoms with Gasteiger partial charge in [-0.1, -0.05) is 30.3 Å². The molecule has 0 aliphatic heterocycles. The first-order valence-corrected chi connectivity index (χ1v) is 7.15. The van der Waals surface area contributed by atoms with Crippen LogP contribution in [0, 0.1) is 17.8 Å². The van der Waals surface area contributed by atoms with Crippen LogP contribution in [0.3, 0.4) is 0 Å². The molecule has 2 nitrogen and oxygen atoms in total. The molecule has 3 rings (SSSR count). The molecule has 2 aliphatic carbocycles. The number of alkyl halides is 2. The number of esters is 1. The van der Waals surface area contributed by atoms with E-state index in [0.717, 1.165) is 12.8 Å². The number of halogens is 2. The maximum Gasteiger partial charge on any atom is 0.373 e. The molecule has 4 unspecified atom stereocenters. The zero-order chi connectivity index (χ0) is 14.1. The van der Waals surface area contributed by atoms with E-state index < -0.39 is 12.4 Å². The van der Waals surface area contributed by atoms with Crippen molar-refractivity contribution in [2.75, 3.05) is 6.61 Å². The Morgan fingerprint density at radius 1 is 1.20 bits per heavy atom. The van der Waals surface area contributed by atoms with Gasteiger partial charge in [0.1, 0.15) is 0 Å². The molecular weight excluding hydrogens is 262 g/mol. The lowest BCUT2D eigenvalue weighted by Crippen LogP contribution is -2.26. The van der Waals surface area contributed by atoms with Gasteiger partial charge in [-0.15, -0.1) is 0 Å². The molecular formula is C16H18F2O2. The second-order valence-corrected chi connectivity index (χ2v) is 5.94. The SMILES string of the molecule is O=C(OCC1CC2CC(c3ccccc3)C1C2)C(F)F. The van der Waals surface area contributed by atoms with E-state index in [2.05, 4.69) is 12.1 Å². The van der Waals surface area contributed by atoms with Crippen molar-refractivity contribution in [3.63, 3.8) is 0 Å². The van der Waals surface area contributed by atoms with E-state index in [4.69, 9.17) is 4.74 Å². The van der Waals surface area contributed by atoms with Crippen molar-refractivity contribution in [1.29, 1.82) is 0 Å². The molecule has 20 heavy (non-hydrogen) atoms. The fourth-order valence-electron chi connectivity index (χ4n) is 4.02. The van der Waals surface area contributed by atoms with Crippen molar-refractivity contribution in [1.82, 2.24) is 0 Å². The van der Waals surface area contributed by atoms with Gasteiger partial charge in [-0.2, -0.15) is 8.78 Å². The van der Waals surface area contributed by atoms with Gasteiger partial charge in [-0.3, -0.25) is 0 Å². The van der Waals surface area contributed by atoms with Gasteiger partial charge in [-0.25, -0.2) is 4.79 Å². The molecule has 0 radical (unpaired) electrons. The Bertz CT molecular complexity index is 475. The lowest BCUT2D eigenvalue weighted by atomic mass is 9.77. The summed E-state index contributed by atoms with van der Waals surface area (Å²) in [4.78, 5) is 10.9. The molecule has 1 aromatic rings. The van der Waals surface area contributed by atoms with E-state index in [1.54, 1.807) is 0 Å². The summed E-state index contributed by atoms with van der Waals surface area (Å²) >= 11 is 0. The summed E-state index contributed by atoms with van der Waals surface area (Å²) in [7, 11) is 0. The minimum atomic E-state index is -3.02. The number of carbonyl (C=O) groups excluding carboxylic acids is 1. The summed E-state index contributed by atoms with van der Waals surface area (Å²) in [6.45, 7) is 0.147. The highest BCUT2D eigenvalue weighted by molar-refractivity contribution is 5.72. The van der Waals surface area contributed by atoms with Crippen molar-refractivity contribution < 1.29 is 18.3 Å². The minimum absolute atomic E-state index is 0.147. The summed E-state index contributed by atoms with van der Waals surface area (Å²) in [6.07, 6.45) is 0.299. The van der Waals surface area contributed by atoms with E-state index in [1.807, 2.05) is 18.2 Å². The molecule has 4 heteroatoms. The Balaban J connectivity index is 1.63. The van der Waals surface area contributed by atoms with Crippen molar-refractivity contribution in [2.45, 2.75) is 31.6 Å². The highest BCUT2D eigenvalue weighted by Crippen LogP contribution is 2.55. The minimum Gasteiger partial charge on any atom is -0.461 e. The normalized spacial score (nSPS) is 31.8. The zero-order valence-corrected chi connectivity index (χ0v) is 11.2. The van der Waals surface area contributed by atoms with Gasteiger partial charge < -0.3 is 4.74 Å². The first kappa shape index (κ1) is 13.5. The van der Waals surface area contributed by atoms with Gasteiger partial charge in [0.2, 0.25) is 0 Å². The number of benzene rings is 1. The van der Waals surface area contributed by atoms with Crippen LogP contribution >= 0.6 is 0 Å². The van der Waals surface area contributed by atoms with Crippen LogP contribution in [0.25, 0.3) is 0 Å². The maximum atomic E-state index is 12.2. The fraction of sp³-hybridized carbons (Fsp3) is 0.562. The van der Waals surface area contributed by atoms with Gasteiger partial charge in [0.25, 0.3) is 0 Å². The summed E-state index contributed by atoms with van der Waals surface area (Å²) < 4.78 is 29.0. The van der Waals surface area contributed by atoms with E-state index in [-0.39, 0.29) is 12.5 Å². The molecule has 108 valence electrons. The lowest BCUT2D eigenvalue weighted by Gasteiger charge is -2.29. The first-order chi connectivity index (χ1) is 9.65. The number of fused-ring (bicyclic) bond motifs is 2. The van der Waals surface area contributed by atoms with Crippen LogP contribution in [0.1, 0.15) is 30.7 Å². The Hall–Kier alpha value is -1.45. The van der Waals surface area contributed by atoms with Crippen LogP contribution in [0.4, 0.5) is 8.78 Å². The van der Waals surface area contributed by atoms with Crippen LogP contribution in [0.2, 0.25) is 0 Å². The van der Waals surface area contributed by atoms with Gasteiger partial charge in [0.05, 0.1) is 6.61 Å². The van der Waals surface area contributed by atoms with Crippen LogP contribution < -0.4 is 0 Å². The van der Waals surface area contributed by atoms with E-state index >= 15 is 0 Å². The van der Waals surface area contributed by atoms with Gasteiger partial charge in [-0.05, 0) is 48.5 Å². The Morgan fingerprint density at radius 2 is 1.95 bits per heavy atom. The second kappa shape index (κ2) is 5.51. The van der Waals surface area contributed by atoms with Crippen LogP contribution in [0.15, 0.2) is 30.3 Å². The summed E-state index contributed by atoms with van der Waals surface area (Å²) in [5.41, 5.74) is 1.32. The topological polar surface area (TPSA) is 26.3 Å². The Kier molecular flexibility index (Phi) is 3.72. The molecule has 1 aromatic carbocycles. The predicted molar refractivity (Wildman–Crippen MR) is 70.5 cm³/mol. The first-order valence-electron chi connectivity index (χ1n) is 7.15. The van der Waals surface area contributed by atoms with E-state index in [9.17, 15) is 13.6 Å². The third kappa shape index (κ3) is 2.56. The highest BCUT2D eigenvalue weighted by atomic mass is 19.3. The molecule has 2 saturated carbocycles. The maximum absolute atomic E-state index is 12.2. The third-order valence-corrected chi connectivity index (χ3v) is 4.80. The van der Waals surface area contributed by atoms with E-state index in [1.165, 1.54) is 12.0 Å². The molecule has 2 fully saturated rings. The number of rotatable bonds is 4. The number of hydrogen-bond donors (Lipinski definition) is 0. The van der Waals surface area contributed by atoms with E-state index in [0.29, 0.717) is 17.8 Å². The van der Waals surface area contributed by atoms with Gasteiger partial charge in [0.15, 0.2) is 0 Å². The van der Waals surface area contributed by atoms with Crippen LogP contribution in [-0.2, 0) is 9.53 Å². The highest BCUT2D eigenvalue weighted by Gasteiger charge is 2.46. The third-order valence-electron chi connectivity index (χ3n) is 4.80. The molecule has 0 saturated heterocycles. The number of ether oxygens (including phenoxy) is 1. The molecule has 0 aromatic heterocycles. The standard InChI is InChI=1S/C16H18F2O2/c17-15(18)16(19)20-9-12-6-10-7-13(14(12)8-10)11-4-2-1-3-5-11/h1-5,10,12-15H,6-9H2. The monoisotopic (exact) mass is 280 g/mol. The number of hydrogen-bond acceptors (Lipinski definition) is 2. The summed E-state index contributed by atoms with van der Waals surface area (Å²) in [5, 5.41) is 0. The van der Waals surface area contributed by atoms with Gasteiger partial charge in [0, 0.05) is 0 Å². The molecule has 2 bridgehead atoms. The van der Waals surface area contributed by atoms with Gasteiger partial charge >= 0.3 is 12.4 Å². The molecule has 0 spiro atoms. The molecule has 0 heterocycles. The fourth-order valence-corrected chi connectivity index (χ4v) is 4.02. The summed E-state index contributed by atoms with van der Waals surface area (Å²) in [5.74, 6) is 0.462. The largest absolute Gasteiger partial charge is 0.461 e. The van der Waals surface area contributed by atoms with Crippen molar-refractivity contribution in [2.24, 2.45) is 17.8 Å². The Labute approximate surface area is 117 Å². The van der Waals surface area contributed by atoms with Crippen LogP contribution in [-0.4, -0.2) is 19.0 Å². The average Bonchev–Trinajstić information content (AvgIpc) is 3.05. The van der Waals surface area contributed by atoms with Crippen LogP contribution in [0.5, 0.6) is 0 Å². The summed E-state index contributed by atoms with van der Waals surface area (Å²) in [6, 6.07) is 10.3. The average molecular weight is 280 g/mol. The molecule has 2 aliphatic rings. The van der Waals surface area contributed by atoms with Crippen molar-refractivity contribution in [3.8, 4) is 0 Å². The molecule has 0 amide bonds. The molecule has 0 N–H and O–H groups in total. The quantitative estimate of drug-likeness (QED) is 0.787. The number of carbonyl (C=O) groups is 1.